The maximum Gasteiger partial charge on any atom is 0.271 e. The first-order chi connectivity index (χ1) is 11.2. The molecule has 5 nitrogen and oxygen atoms in total. The highest BCUT2D eigenvalue weighted by molar-refractivity contribution is 6.01. The molecule has 1 amide bonds. The van der Waals surface area contributed by atoms with Crippen molar-refractivity contribution in [1.82, 2.24) is 10.4 Å². The van der Waals surface area contributed by atoms with Gasteiger partial charge in [-0.15, -0.1) is 0 Å². The fourth-order valence-corrected chi connectivity index (χ4v) is 2.50. The Morgan fingerprint density at radius 3 is 2.78 bits per heavy atom. The number of nitrogen functional groups attached to an aromatic ring is 1. The van der Waals surface area contributed by atoms with Gasteiger partial charge in [0, 0.05) is 33.9 Å². The quantitative estimate of drug-likeness (QED) is 0.393. The average molecular weight is 306 g/mol. The molecule has 23 heavy (non-hydrogen) atoms. The highest BCUT2D eigenvalue weighted by Gasteiger charge is 2.06. The fraction of sp³-hybridized carbons (Fsp3) is 0.111. The van der Waals surface area contributed by atoms with Crippen LogP contribution in [0.25, 0.3) is 10.9 Å². The third-order valence-corrected chi connectivity index (χ3v) is 3.76. The summed E-state index contributed by atoms with van der Waals surface area (Å²) < 4.78 is 0. The second-order valence-electron chi connectivity index (χ2n) is 5.26. The van der Waals surface area contributed by atoms with Crippen LogP contribution in [0, 0.1) is 0 Å². The van der Waals surface area contributed by atoms with E-state index >= 15 is 0 Å². The molecule has 3 aromatic rings. The van der Waals surface area contributed by atoms with Crippen molar-refractivity contribution in [3.8, 4) is 0 Å². The van der Waals surface area contributed by atoms with Crippen molar-refractivity contribution in [1.29, 1.82) is 0 Å². The number of hydrogen-bond acceptors (Lipinski definition) is 3. The Kier molecular flexibility index (Phi) is 4.10. The number of carbonyl (C=O) groups excluding carboxylic acids is 1. The van der Waals surface area contributed by atoms with Crippen molar-refractivity contribution in [2.75, 3.05) is 5.73 Å². The first-order valence-corrected chi connectivity index (χ1v) is 7.47. The Bertz CT molecular complexity index is 862. The third-order valence-electron chi connectivity index (χ3n) is 3.76. The van der Waals surface area contributed by atoms with Crippen LogP contribution in [-0.2, 0) is 6.42 Å². The zero-order chi connectivity index (χ0) is 16.2. The Morgan fingerprint density at radius 2 is 2.04 bits per heavy atom. The summed E-state index contributed by atoms with van der Waals surface area (Å²) in [6, 6.07) is 12.9. The minimum absolute atomic E-state index is 0.268. The van der Waals surface area contributed by atoms with Gasteiger partial charge in [0.05, 0.1) is 6.21 Å². The maximum atomic E-state index is 12.0. The van der Waals surface area contributed by atoms with Gasteiger partial charge in [-0.3, -0.25) is 4.79 Å². The number of H-pyrrole nitrogens is 1. The summed E-state index contributed by atoms with van der Waals surface area (Å²) >= 11 is 0. The van der Waals surface area contributed by atoms with Gasteiger partial charge in [0.15, 0.2) is 0 Å². The molecule has 1 heterocycles. The number of amides is 1. The molecule has 0 aliphatic carbocycles. The van der Waals surface area contributed by atoms with Crippen molar-refractivity contribution in [2.45, 2.75) is 13.3 Å². The number of carbonyl (C=O) groups is 1. The summed E-state index contributed by atoms with van der Waals surface area (Å²) in [4.78, 5) is 15.2. The van der Waals surface area contributed by atoms with Gasteiger partial charge in [0.25, 0.3) is 5.91 Å². The molecule has 0 saturated carbocycles. The Labute approximate surface area is 134 Å². The number of aromatic nitrogens is 1. The van der Waals surface area contributed by atoms with Gasteiger partial charge in [0.2, 0.25) is 0 Å². The van der Waals surface area contributed by atoms with Crippen molar-refractivity contribution in [3.05, 3.63) is 65.4 Å². The molecule has 4 N–H and O–H groups in total. The number of hydrazone groups is 1. The second kappa shape index (κ2) is 6.36. The second-order valence-corrected chi connectivity index (χ2v) is 5.26. The molecule has 5 heteroatoms. The van der Waals surface area contributed by atoms with E-state index in [0.29, 0.717) is 11.3 Å². The van der Waals surface area contributed by atoms with Crippen LogP contribution in [0.4, 0.5) is 5.69 Å². The minimum atomic E-state index is -0.268. The van der Waals surface area contributed by atoms with E-state index in [-0.39, 0.29) is 5.91 Å². The molecule has 0 unspecified atom stereocenters. The van der Waals surface area contributed by atoms with Crippen molar-refractivity contribution < 1.29 is 4.79 Å². The fourth-order valence-electron chi connectivity index (χ4n) is 2.50. The summed E-state index contributed by atoms with van der Waals surface area (Å²) in [5.41, 5.74) is 12.6. The van der Waals surface area contributed by atoms with Crippen molar-refractivity contribution >= 4 is 28.7 Å². The summed E-state index contributed by atoms with van der Waals surface area (Å²) in [5, 5.41) is 5.13. The number of benzene rings is 2. The molecule has 0 bridgehead atoms. The summed E-state index contributed by atoms with van der Waals surface area (Å²) in [7, 11) is 0. The average Bonchev–Trinajstić information content (AvgIpc) is 2.98. The van der Waals surface area contributed by atoms with Gasteiger partial charge in [-0.1, -0.05) is 25.1 Å². The van der Waals surface area contributed by atoms with Gasteiger partial charge in [-0.2, -0.15) is 5.10 Å². The molecule has 0 spiro atoms. The number of nitrogens with zero attached hydrogens (tertiary/aromatic N) is 1. The Morgan fingerprint density at radius 1 is 1.26 bits per heavy atom. The molecule has 0 radical (unpaired) electrons. The van der Waals surface area contributed by atoms with Crippen molar-refractivity contribution in [2.24, 2.45) is 5.10 Å². The molecule has 3 rings (SSSR count). The number of hydrogen-bond donors (Lipinski definition) is 3. The Balaban J connectivity index is 1.76. The zero-order valence-electron chi connectivity index (χ0n) is 12.8. The lowest BCUT2D eigenvalue weighted by Crippen LogP contribution is -2.17. The van der Waals surface area contributed by atoms with E-state index in [1.54, 1.807) is 30.5 Å². The molecule has 1 aromatic heterocycles. The van der Waals surface area contributed by atoms with Crippen LogP contribution in [-0.4, -0.2) is 17.1 Å². The smallest absolute Gasteiger partial charge is 0.271 e. The van der Waals surface area contributed by atoms with E-state index in [2.05, 4.69) is 28.5 Å². The standard InChI is InChI=1S/C18H18N4O/c1-2-12-4-3-5-16-14(10-20-17(12)16)11-21-22-18(23)13-6-8-15(19)9-7-13/h3-11,20H,2,19H2,1H3,(H,22,23). The van der Waals surface area contributed by atoms with Crippen LogP contribution >= 0.6 is 0 Å². The molecular weight excluding hydrogens is 288 g/mol. The monoisotopic (exact) mass is 306 g/mol. The van der Waals surface area contributed by atoms with Crippen LogP contribution in [0.15, 0.2) is 53.8 Å². The number of anilines is 1. The van der Waals surface area contributed by atoms with Crippen LogP contribution in [0.1, 0.15) is 28.4 Å². The lowest BCUT2D eigenvalue weighted by Gasteiger charge is -2.00. The summed E-state index contributed by atoms with van der Waals surface area (Å²) in [5.74, 6) is -0.268. The van der Waals surface area contributed by atoms with Gasteiger partial charge in [-0.05, 0) is 36.2 Å². The molecule has 0 fully saturated rings. The van der Waals surface area contributed by atoms with E-state index in [1.165, 1.54) is 5.56 Å². The van der Waals surface area contributed by atoms with Crippen molar-refractivity contribution in [3.63, 3.8) is 0 Å². The summed E-state index contributed by atoms with van der Waals surface area (Å²) in [6.45, 7) is 2.12. The van der Waals surface area contributed by atoms with Gasteiger partial charge >= 0.3 is 0 Å². The van der Waals surface area contributed by atoms with Crippen LogP contribution < -0.4 is 11.2 Å². The normalized spacial score (nSPS) is 11.2. The first kappa shape index (κ1) is 14.8. The first-order valence-electron chi connectivity index (χ1n) is 7.47. The number of aromatic amines is 1. The third kappa shape index (κ3) is 3.08. The molecule has 0 saturated heterocycles. The number of nitrogens with two attached hydrogens (primary N) is 1. The predicted octanol–water partition coefficient (Wildman–Crippen LogP) is 3.08. The van der Waals surface area contributed by atoms with Crippen LogP contribution in [0.2, 0.25) is 0 Å². The number of fused-ring (bicyclic) bond motifs is 1. The minimum Gasteiger partial charge on any atom is -0.399 e. The highest BCUT2D eigenvalue weighted by Crippen LogP contribution is 2.20. The van der Waals surface area contributed by atoms with E-state index in [4.69, 9.17) is 5.73 Å². The largest absolute Gasteiger partial charge is 0.399 e. The van der Waals surface area contributed by atoms with E-state index in [9.17, 15) is 4.79 Å². The molecule has 0 aliphatic rings. The van der Waals surface area contributed by atoms with E-state index < -0.39 is 0 Å². The predicted molar refractivity (Wildman–Crippen MR) is 93.6 cm³/mol. The lowest BCUT2D eigenvalue weighted by atomic mass is 10.1. The van der Waals surface area contributed by atoms with E-state index in [1.807, 2.05) is 18.3 Å². The summed E-state index contributed by atoms with van der Waals surface area (Å²) in [6.07, 6.45) is 4.50. The lowest BCUT2D eigenvalue weighted by molar-refractivity contribution is 0.0955. The van der Waals surface area contributed by atoms with Gasteiger partial charge < -0.3 is 10.7 Å². The molecule has 0 aliphatic heterocycles. The number of aryl methyl sites for hydroxylation is 1. The topological polar surface area (TPSA) is 83.3 Å². The van der Waals surface area contributed by atoms with Gasteiger partial charge in [-0.25, -0.2) is 5.43 Å². The van der Waals surface area contributed by atoms with Gasteiger partial charge in [0.1, 0.15) is 0 Å². The molecule has 2 aromatic carbocycles. The number of para-hydroxylation sites is 1. The molecule has 116 valence electrons. The zero-order valence-corrected chi connectivity index (χ0v) is 12.8. The molecular formula is C18H18N4O. The van der Waals surface area contributed by atoms with Crippen LogP contribution in [0.5, 0.6) is 0 Å². The number of rotatable bonds is 4. The van der Waals surface area contributed by atoms with Crippen LogP contribution in [0.3, 0.4) is 0 Å². The highest BCUT2D eigenvalue weighted by atomic mass is 16.2. The molecule has 0 atom stereocenters. The SMILES string of the molecule is CCc1cccc2c(C=NNC(=O)c3ccc(N)cc3)c[nH]c12. The Hall–Kier alpha value is -3.08. The van der Waals surface area contributed by atoms with E-state index in [0.717, 1.165) is 22.9 Å². The number of nitrogens with one attached hydrogen (secondary N) is 2. The maximum absolute atomic E-state index is 12.0.